The SMILES string of the molecule is O=C(NN=Cc1c(-c2ccccc2)[nH]c2ccccc12)c1cccc(S(=O)(=O)N2CCOCC2)c1. The van der Waals surface area contributed by atoms with Crippen LogP contribution < -0.4 is 5.43 Å². The number of nitrogens with one attached hydrogen (secondary N) is 2. The summed E-state index contributed by atoms with van der Waals surface area (Å²) < 4.78 is 32.5. The van der Waals surface area contributed by atoms with Gasteiger partial charge in [-0.2, -0.15) is 9.41 Å². The normalized spacial score (nSPS) is 15.0. The number of morpholine rings is 1. The van der Waals surface area contributed by atoms with E-state index in [1.165, 1.54) is 16.4 Å². The molecule has 8 nitrogen and oxygen atoms in total. The number of amides is 1. The van der Waals surface area contributed by atoms with Crippen LogP contribution in [0.25, 0.3) is 22.2 Å². The maximum atomic E-state index is 12.9. The molecule has 2 heterocycles. The highest BCUT2D eigenvalue weighted by Gasteiger charge is 2.26. The fourth-order valence-electron chi connectivity index (χ4n) is 4.08. The van der Waals surface area contributed by atoms with E-state index in [0.29, 0.717) is 13.2 Å². The zero-order valence-corrected chi connectivity index (χ0v) is 19.7. The molecule has 178 valence electrons. The van der Waals surface area contributed by atoms with Crippen LogP contribution in [0.15, 0.2) is 88.9 Å². The molecule has 1 aliphatic heterocycles. The van der Waals surface area contributed by atoms with Crippen LogP contribution in [0, 0.1) is 0 Å². The molecular formula is C26H24N4O4S. The van der Waals surface area contributed by atoms with E-state index in [1.54, 1.807) is 18.3 Å². The topological polar surface area (TPSA) is 104 Å². The van der Waals surface area contributed by atoms with Crippen molar-refractivity contribution in [3.63, 3.8) is 0 Å². The number of hydrogen-bond donors (Lipinski definition) is 2. The van der Waals surface area contributed by atoms with Gasteiger partial charge in [0.25, 0.3) is 5.91 Å². The van der Waals surface area contributed by atoms with Crippen LogP contribution in [0.1, 0.15) is 15.9 Å². The highest BCUT2D eigenvalue weighted by molar-refractivity contribution is 7.89. The van der Waals surface area contributed by atoms with E-state index in [4.69, 9.17) is 4.74 Å². The van der Waals surface area contributed by atoms with Gasteiger partial charge in [0.1, 0.15) is 0 Å². The number of fused-ring (bicyclic) bond motifs is 1. The molecular weight excluding hydrogens is 464 g/mol. The van der Waals surface area contributed by atoms with E-state index < -0.39 is 15.9 Å². The van der Waals surface area contributed by atoms with Gasteiger partial charge in [-0.1, -0.05) is 54.6 Å². The molecule has 0 aliphatic carbocycles. The number of aromatic amines is 1. The average molecular weight is 489 g/mol. The van der Waals surface area contributed by atoms with Crippen molar-refractivity contribution in [2.75, 3.05) is 26.3 Å². The summed E-state index contributed by atoms with van der Waals surface area (Å²) in [6.07, 6.45) is 1.60. The van der Waals surface area contributed by atoms with E-state index in [9.17, 15) is 13.2 Å². The molecule has 4 aromatic rings. The Kier molecular flexibility index (Phi) is 6.45. The second kappa shape index (κ2) is 9.83. The van der Waals surface area contributed by atoms with Gasteiger partial charge in [0.15, 0.2) is 0 Å². The largest absolute Gasteiger partial charge is 0.379 e. The van der Waals surface area contributed by atoms with Crippen LogP contribution in [0.2, 0.25) is 0 Å². The number of para-hydroxylation sites is 1. The van der Waals surface area contributed by atoms with Crippen LogP contribution in [0.4, 0.5) is 0 Å². The van der Waals surface area contributed by atoms with Crippen LogP contribution in [0.5, 0.6) is 0 Å². The van der Waals surface area contributed by atoms with Gasteiger partial charge in [-0.15, -0.1) is 0 Å². The minimum Gasteiger partial charge on any atom is -0.379 e. The Labute approximate surface area is 203 Å². The van der Waals surface area contributed by atoms with Gasteiger partial charge in [0.2, 0.25) is 10.0 Å². The van der Waals surface area contributed by atoms with Crippen LogP contribution in [0.3, 0.4) is 0 Å². The fraction of sp³-hybridized carbons (Fsp3) is 0.154. The monoisotopic (exact) mass is 488 g/mol. The summed E-state index contributed by atoms with van der Waals surface area (Å²) in [5.74, 6) is -0.499. The minimum absolute atomic E-state index is 0.0685. The zero-order valence-electron chi connectivity index (χ0n) is 18.8. The first-order valence-corrected chi connectivity index (χ1v) is 12.7. The van der Waals surface area contributed by atoms with Gasteiger partial charge in [-0.25, -0.2) is 13.8 Å². The first kappa shape index (κ1) is 23.0. The Hall–Kier alpha value is -3.79. The van der Waals surface area contributed by atoms with Crippen molar-refractivity contribution >= 4 is 33.0 Å². The Balaban J connectivity index is 1.38. The number of nitrogens with zero attached hydrogens (tertiary/aromatic N) is 2. The molecule has 1 amide bonds. The van der Waals surface area contributed by atoms with Gasteiger partial charge < -0.3 is 9.72 Å². The quantitative estimate of drug-likeness (QED) is 0.320. The fourth-order valence-corrected chi connectivity index (χ4v) is 5.54. The number of benzene rings is 3. The van der Waals surface area contributed by atoms with Gasteiger partial charge in [-0.05, 0) is 29.8 Å². The Morgan fingerprint density at radius 3 is 2.51 bits per heavy atom. The molecule has 1 saturated heterocycles. The van der Waals surface area contributed by atoms with Crippen molar-refractivity contribution < 1.29 is 17.9 Å². The number of sulfonamides is 1. The summed E-state index contributed by atoms with van der Waals surface area (Å²) in [5.41, 5.74) is 6.43. The molecule has 3 aromatic carbocycles. The van der Waals surface area contributed by atoms with Gasteiger partial charge in [-0.3, -0.25) is 4.79 Å². The van der Waals surface area contributed by atoms with E-state index >= 15 is 0 Å². The lowest BCUT2D eigenvalue weighted by molar-refractivity contribution is 0.0730. The summed E-state index contributed by atoms with van der Waals surface area (Å²) in [7, 11) is -3.70. The number of ether oxygens (including phenoxy) is 1. The molecule has 0 radical (unpaired) electrons. The first-order valence-electron chi connectivity index (χ1n) is 11.2. The molecule has 1 aromatic heterocycles. The highest BCUT2D eigenvalue weighted by Crippen LogP contribution is 2.29. The van der Waals surface area contributed by atoms with E-state index in [-0.39, 0.29) is 23.5 Å². The summed E-state index contributed by atoms with van der Waals surface area (Å²) in [4.78, 5) is 16.3. The number of aromatic nitrogens is 1. The van der Waals surface area contributed by atoms with Crippen molar-refractivity contribution in [2.45, 2.75) is 4.90 Å². The van der Waals surface area contributed by atoms with Crippen molar-refractivity contribution in [2.24, 2.45) is 5.10 Å². The highest BCUT2D eigenvalue weighted by atomic mass is 32.2. The molecule has 0 atom stereocenters. The molecule has 1 aliphatic rings. The molecule has 1 fully saturated rings. The number of rotatable bonds is 6. The molecule has 0 saturated carbocycles. The lowest BCUT2D eigenvalue weighted by Gasteiger charge is -2.26. The Morgan fingerprint density at radius 1 is 0.971 bits per heavy atom. The molecule has 9 heteroatoms. The average Bonchev–Trinajstić information content (AvgIpc) is 3.28. The second-order valence-corrected chi connectivity index (χ2v) is 10.0. The molecule has 0 unspecified atom stereocenters. The van der Waals surface area contributed by atoms with Crippen LogP contribution in [-0.2, 0) is 14.8 Å². The summed E-state index contributed by atoms with van der Waals surface area (Å²) in [6, 6.07) is 23.7. The number of carbonyl (C=O) groups is 1. The van der Waals surface area contributed by atoms with Crippen LogP contribution in [-0.4, -0.2) is 56.1 Å². The van der Waals surface area contributed by atoms with Gasteiger partial charge >= 0.3 is 0 Å². The minimum atomic E-state index is -3.70. The first-order chi connectivity index (χ1) is 17.0. The Morgan fingerprint density at radius 2 is 1.71 bits per heavy atom. The second-order valence-electron chi connectivity index (χ2n) is 8.07. The van der Waals surface area contributed by atoms with Crippen molar-refractivity contribution in [1.29, 1.82) is 0 Å². The predicted octanol–water partition coefficient (Wildman–Crippen LogP) is 3.62. The molecule has 0 bridgehead atoms. The predicted molar refractivity (Wildman–Crippen MR) is 135 cm³/mol. The summed E-state index contributed by atoms with van der Waals surface area (Å²) in [5, 5.41) is 5.16. The smallest absolute Gasteiger partial charge is 0.271 e. The zero-order chi connectivity index (χ0) is 24.3. The summed E-state index contributed by atoms with van der Waals surface area (Å²) in [6.45, 7) is 1.29. The molecule has 2 N–H and O–H groups in total. The van der Waals surface area contributed by atoms with Crippen molar-refractivity contribution in [1.82, 2.24) is 14.7 Å². The number of H-pyrrole nitrogens is 1. The third-order valence-electron chi connectivity index (χ3n) is 5.87. The maximum absolute atomic E-state index is 12.9. The van der Waals surface area contributed by atoms with Gasteiger partial charge in [0, 0.05) is 35.1 Å². The van der Waals surface area contributed by atoms with Crippen molar-refractivity contribution in [3.8, 4) is 11.3 Å². The number of carbonyl (C=O) groups excluding carboxylic acids is 1. The summed E-state index contributed by atoms with van der Waals surface area (Å²) >= 11 is 0. The number of hydrogen-bond acceptors (Lipinski definition) is 5. The molecule has 5 rings (SSSR count). The third-order valence-corrected chi connectivity index (χ3v) is 7.77. The van der Waals surface area contributed by atoms with E-state index in [2.05, 4.69) is 15.5 Å². The molecule has 0 spiro atoms. The lowest BCUT2D eigenvalue weighted by atomic mass is 10.1. The third kappa shape index (κ3) is 4.74. The molecule has 35 heavy (non-hydrogen) atoms. The van der Waals surface area contributed by atoms with Gasteiger partial charge in [0.05, 0.1) is 30.0 Å². The maximum Gasteiger partial charge on any atom is 0.271 e. The standard InChI is InChI=1S/C26H24N4O4S/c31-26(20-9-6-10-21(17-20)35(32,33)30-13-15-34-16-14-30)29-27-18-23-22-11-4-5-12-24(22)28-25(23)19-7-2-1-3-8-19/h1-12,17-18,28H,13-16H2,(H,29,31). The van der Waals surface area contributed by atoms with E-state index in [0.717, 1.165) is 27.7 Å². The Bertz CT molecular complexity index is 1490. The lowest BCUT2D eigenvalue weighted by Crippen LogP contribution is -2.40. The van der Waals surface area contributed by atoms with Crippen molar-refractivity contribution in [3.05, 3.63) is 90.0 Å². The van der Waals surface area contributed by atoms with Crippen LogP contribution >= 0.6 is 0 Å². The van der Waals surface area contributed by atoms with E-state index in [1.807, 2.05) is 54.6 Å². The number of hydrazone groups is 1.